The second-order valence-electron chi connectivity index (χ2n) is 5.84. The summed E-state index contributed by atoms with van der Waals surface area (Å²) in [6.07, 6.45) is 0.205. The molecule has 1 unspecified atom stereocenters. The highest BCUT2D eigenvalue weighted by molar-refractivity contribution is 6.01. The van der Waals surface area contributed by atoms with Gasteiger partial charge in [0, 0.05) is 23.6 Å². The molecule has 1 fully saturated rings. The van der Waals surface area contributed by atoms with Crippen molar-refractivity contribution in [3.8, 4) is 0 Å². The highest BCUT2D eigenvalue weighted by atomic mass is 16.5. The number of carboxylic acid groups (broad SMARTS) is 1. The molecule has 3 atom stereocenters. The first-order chi connectivity index (χ1) is 10.9. The number of esters is 1. The van der Waals surface area contributed by atoms with Crippen molar-refractivity contribution in [1.82, 2.24) is 4.90 Å². The summed E-state index contributed by atoms with van der Waals surface area (Å²) in [5.41, 5.74) is -1.06. The SMILES string of the molecule is COC(=O)[C@@H]1CC(CCC(=O)O)N2C(=O)c3ccccc3[C@]12O. The highest BCUT2D eigenvalue weighted by Crippen LogP contribution is 2.52. The Morgan fingerprint density at radius 1 is 1.39 bits per heavy atom. The summed E-state index contributed by atoms with van der Waals surface area (Å²) in [7, 11) is 1.23. The van der Waals surface area contributed by atoms with E-state index in [9.17, 15) is 19.5 Å². The molecule has 0 saturated carbocycles. The van der Waals surface area contributed by atoms with Crippen LogP contribution in [0.25, 0.3) is 0 Å². The van der Waals surface area contributed by atoms with Crippen molar-refractivity contribution in [2.75, 3.05) is 7.11 Å². The molecule has 2 heterocycles. The van der Waals surface area contributed by atoms with E-state index in [-0.39, 0.29) is 25.2 Å². The van der Waals surface area contributed by atoms with Crippen LogP contribution in [0.5, 0.6) is 0 Å². The van der Waals surface area contributed by atoms with E-state index < -0.39 is 29.6 Å². The fraction of sp³-hybridized carbons (Fsp3) is 0.438. The van der Waals surface area contributed by atoms with Crippen LogP contribution < -0.4 is 0 Å². The summed E-state index contributed by atoms with van der Waals surface area (Å²) in [4.78, 5) is 36.9. The number of fused-ring (bicyclic) bond motifs is 3. The fourth-order valence-electron chi connectivity index (χ4n) is 3.69. The van der Waals surface area contributed by atoms with Gasteiger partial charge in [-0.05, 0) is 18.9 Å². The van der Waals surface area contributed by atoms with E-state index in [0.717, 1.165) is 0 Å². The minimum atomic E-state index is -1.77. The lowest BCUT2D eigenvalue weighted by Crippen LogP contribution is -2.47. The standard InChI is InChI=1S/C16H17NO6/c1-23-15(21)12-8-9(6-7-13(18)19)17-14(20)10-4-2-3-5-11(10)16(12,17)22/h2-5,9,12,22H,6-8H2,1H3,(H,18,19)/t9?,12-,16-/m0/s1. The summed E-state index contributed by atoms with van der Waals surface area (Å²) in [6.45, 7) is 0. The van der Waals surface area contributed by atoms with Crippen LogP contribution in [0, 0.1) is 5.92 Å². The van der Waals surface area contributed by atoms with Crippen LogP contribution >= 0.6 is 0 Å². The van der Waals surface area contributed by atoms with Gasteiger partial charge in [0.05, 0.1) is 7.11 Å². The third-order valence-electron chi connectivity index (χ3n) is 4.68. The molecule has 7 heteroatoms. The Kier molecular flexibility index (Phi) is 3.60. The summed E-state index contributed by atoms with van der Waals surface area (Å²) in [5, 5.41) is 20.1. The van der Waals surface area contributed by atoms with Crippen molar-refractivity contribution in [2.24, 2.45) is 5.92 Å². The van der Waals surface area contributed by atoms with E-state index in [1.54, 1.807) is 24.3 Å². The monoisotopic (exact) mass is 319 g/mol. The predicted octanol–water partition coefficient (Wildman–Crippen LogP) is 0.714. The van der Waals surface area contributed by atoms with Gasteiger partial charge in [-0.1, -0.05) is 18.2 Å². The molecule has 0 aliphatic carbocycles. The van der Waals surface area contributed by atoms with Crippen molar-refractivity contribution in [3.05, 3.63) is 35.4 Å². The number of methoxy groups -OCH3 is 1. The van der Waals surface area contributed by atoms with Gasteiger partial charge in [0.25, 0.3) is 5.91 Å². The Morgan fingerprint density at radius 2 is 2.09 bits per heavy atom. The first-order valence-electron chi connectivity index (χ1n) is 7.36. The number of rotatable bonds is 4. The maximum Gasteiger partial charge on any atom is 0.314 e. The summed E-state index contributed by atoms with van der Waals surface area (Å²) in [6, 6.07) is 6.05. The van der Waals surface area contributed by atoms with E-state index in [4.69, 9.17) is 9.84 Å². The molecule has 0 radical (unpaired) electrons. The van der Waals surface area contributed by atoms with Crippen LogP contribution in [0.15, 0.2) is 24.3 Å². The molecule has 1 saturated heterocycles. The van der Waals surface area contributed by atoms with Gasteiger partial charge in [0.2, 0.25) is 0 Å². The van der Waals surface area contributed by atoms with Crippen LogP contribution in [-0.2, 0) is 20.1 Å². The molecule has 2 N–H and O–H groups in total. The lowest BCUT2D eigenvalue weighted by atomic mass is 9.88. The number of carboxylic acids is 1. The van der Waals surface area contributed by atoms with Gasteiger partial charge < -0.3 is 19.8 Å². The van der Waals surface area contributed by atoms with Crippen molar-refractivity contribution < 1.29 is 29.3 Å². The molecule has 23 heavy (non-hydrogen) atoms. The van der Waals surface area contributed by atoms with Gasteiger partial charge in [-0.2, -0.15) is 0 Å². The molecule has 0 bridgehead atoms. The van der Waals surface area contributed by atoms with E-state index in [2.05, 4.69) is 0 Å². The Bertz CT molecular complexity index is 687. The lowest BCUT2D eigenvalue weighted by Gasteiger charge is -2.33. The molecule has 7 nitrogen and oxygen atoms in total. The van der Waals surface area contributed by atoms with Crippen molar-refractivity contribution >= 4 is 17.8 Å². The van der Waals surface area contributed by atoms with Gasteiger partial charge in [-0.3, -0.25) is 14.4 Å². The number of hydrogen-bond donors (Lipinski definition) is 2. The zero-order chi connectivity index (χ0) is 16.8. The van der Waals surface area contributed by atoms with E-state index >= 15 is 0 Å². The normalized spacial score (nSPS) is 28.4. The molecular weight excluding hydrogens is 302 g/mol. The molecule has 2 aliphatic rings. The molecule has 1 aromatic rings. The maximum absolute atomic E-state index is 12.7. The minimum absolute atomic E-state index is 0.144. The zero-order valence-electron chi connectivity index (χ0n) is 12.6. The van der Waals surface area contributed by atoms with Gasteiger partial charge in [-0.25, -0.2) is 0 Å². The molecule has 1 aromatic carbocycles. The van der Waals surface area contributed by atoms with E-state index in [0.29, 0.717) is 11.1 Å². The molecule has 2 aliphatic heterocycles. The van der Waals surface area contributed by atoms with Crippen molar-refractivity contribution in [1.29, 1.82) is 0 Å². The number of amides is 1. The fourth-order valence-corrected chi connectivity index (χ4v) is 3.69. The van der Waals surface area contributed by atoms with E-state index in [1.165, 1.54) is 12.0 Å². The highest BCUT2D eigenvalue weighted by Gasteiger charge is 2.63. The van der Waals surface area contributed by atoms with Crippen LogP contribution in [0.3, 0.4) is 0 Å². The molecule has 122 valence electrons. The largest absolute Gasteiger partial charge is 0.481 e. The second kappa shape index (κ2) is 5.34. The van der Waals surface area contributed by atoms with Crippen molar-refractivity contribution in [3.63, 3.8) is 0 Å². The van der Waals surface area contributed by atoms with Crippen LogP contribution in [0.2, 0.25) is 0 Å². The number of aliphatic carboxylic acids is 1. The average molecular weight is 319 g/mol. The van der Waals surface area contributed by atoms with Crippen molar-refractivity contribution in [2.45, 2.75) is 31.0 Å². The first-order valence-corrected chi connectivity index (χ1v) is 7.36. The molecule has 1 amide bonds. The summed E-state index contributed by atoms with van der Waals surface area (Å²) >= 11 is 0. The Morgan fingerprint density at radius 3 is 2.74 bits per heavy atom. The van der Waals surface area contributed by atoms with Crippen LogP contribution in [-0.4, -0.2) is 46.1 Å². The van der Waals surface area contributed by atoms with Gasteiger partial charge in [-0.15, -0.1) is 0 Å². The number of benzene rings is 1. The number of carbonyl (C=O) groups excluding carboxylic acids is 2. The molecular formula is C16H17NO6. The molecule has 3 rings (SSSR count). The predicted molar refractivity (Wildman–Crippen MR) is 77.3 cm³/mol. The first kappa shape index (κ1) is 15.5. The second-order valence-corrected chi connectivity index (χ2v) is 5.84. The van der Waals surface area contributed by atoms with Crippen LogP contribution in [0.4, 0.5) is 0 Å². The smallest absolute Gasteiger partial charge is 0.314 e. The molecule has 0 aromatic heterocycles. The quantitative estimate of drug-likeness (QED) is 0.792. The third kappa shape index (κ3) is 2.11. The maximum atomic E-state index is 12.7. The Balaban J connectivity index is 2.05. The lowest BCUT2D eigenvalue weighted by molar-refractivity contribution is -0.163. The average Bonchev–Trinajstić information content (AvgIpc) is 2.96. The minimum Gasteiger partial charge on any atom is -0.481 e. The van der Waals surface area contributed by atoms with E-state index in [1.807, 2.05) is 0 Å². The summed E-state index contributed by atoms with van der Waals surface area (Å²) < 4.78 is 4.78. The number of ether oxygens (including phenoxy) is 1. The number of hydrogen-bond acceptors (Lipinski definition) is 5. The van der Waals surface area contributed by atoms with Crippen LogP contribution in [0.1, 0.15) is 35.2 Å². The Hall–Kier alpha value is -2.41. The number of aliphatic hydroxyl groups is 1. The van der Waals surface area contributed by atoms with Gasteiger partial charge in [0.1, 0.15) is 5.92 Å². The molecule has 0 spiro atoms. The van der Waals surface area contributed by atoms with Gasteiger partial charge in [0.15, 0.2) is 5.72 Å². The zero-order valence-corrected chi connectivity index (χ0v) is 12.6. The Labute approximate surface area is 132 Å². The number of nitrogens with zero attached hydrogens (tertiary/aromatic N) is 1. The summed E-state index contributed by atoms with van der Waals surface area (Å²) in [5.74, 6) is -2.91. The number of carbonyl (C=O) groups is 3. The third-order valence-corrected chi connectivity index (χ3v) is 4.68. The topological polar surface area (TPSA) is 104 Å². The van der Waals surface area contributed by atoms with Gasteiger partial charge >= 0.3 is 11.9 Å².